The Bertz CT molecular complexity index is 322. The van der Waals surface area contributed by atoms with E-state index < -0.39 is 0 Å². The Balaban J connectivity index is 2.88. The van der Waals surface area contributed by atoms with Crippen molar-refractivity contribution >= 4 is 11.1 Å². The lowest BCUT2D eigenvalue weighted by Crippen LogP contribution is -1.66. The maximum absolute atomic E-state index is 7.12. The highest BCUT2D eigenvalue weighted by Crippen LogP contribution is 2.09. The van der Waals surface area contributed by atoms with Crippen molar-refractivity contribution in [1.29, 1.82) is 0 Å². The van der Waals surface area contributed by atoms with Gasteiger partial charge in [-0.05, 0) is 18.2 Å². The number of furan rings is 1. The lowest BCUT2D eigenvalue weighted by atomic mass is 10.4. The van der Waals surface area contributed by atoms with Gasteiger partial charge in [-0.15, -0.1) is 0 Å². The van der Waals surface area contributed by atoms with Crippen LogP contribution in [0, 0.1) is 0 Å². The summed E-state index contributed by atoms with van der Waals surface area (Å²) >= 11 is 0. The number of hydrogen-bond donors (Lipinski definition) is 0. The molecule has 0 N–H and O–H groups in total. The van der Waals surface area contributed by atoms with E-state index in [1.54, 1.807) is 12.3 Å². The fraction of sp³-hybridized carbons (Fsp3) is 0. The van der Waals surface area contributed by atoms with Crippen LogP contribution in [0.25, 0.3) is 11.1 Å². The van der Waals surface area contributed by atoms with E-state index in [0.29, 0.717) is 5.71 Å². The van der Waals surface area contributed by atoms with E-state index in [4.69, 9.17) is 5.79 Å². The first kappa shape index (κ1) is 3.67. The summed E-state index contributed by atoms with van der Waals surface area (Å²) in [4.78, 5) is 3.92. The third kappa shape index (κ3) is 0.598. The number of aromatic nitrogens is 1. The fourth-order valence-corrected chi connectivity index (χ4v) is 0.747. The zero-order chi connectivity index (χ0) is 6.97. The zero-order valence-corrected chi connectivity index (χ0v) is 4.66. The van der Waals surface area contributed by atoms with Gasteiger partial charge >= 0.3 is 0 Å². The van der Waals surface area contributed by atoms with E-state index in [-0.39, 0.29) is 6.24 Å². The van der Waals surface area contributed by atoms with Crippen LogP contribution in [-0.2, 0) is 0 Å². The predicted octanol–water partition coefficient (Wildman–Crippen LogP) is 1.83. The van der Waals surface area contributed by atoms with Gasteiger partial charge in [-0.2, -0.15) is 0 Å². The van der Waals surface area contributed by atoms with Crippen LogP contribution in [0.1, 0.15) is 1.37 Å². The molecule has 0 saturated carbocycles. The first-order valence-corrected chi connectivity index (χ1v) is 2.67. The highest BCUT2D eigenvalue weighted by molar-refractivity contribution is 5.72. The monoisotopic (exact) mass is 120 g/mol. The van der Waals surface area contributed by atoms with Crippen molar-refractivity contribution in [3.05, 3.63) is 30.6 Å². The molecule has 2 nitrogen and oxygen atoms in total. The molecule has 44 valence electrons. The van der Waals surface area contributed by atoms with E-state index in [9.17, 15) is 0 Å². The van der Waals surface area contributed by atoms with Gasteiger partial charge in [0, 0.05) is 11.6 Å². The third-order valence-electron chi connectivity index (χ3n) is 1.17. The van der Waals surface area contributed by atoms with Crippen LogP contribution in [-0.4, -0.2) is 4.98 Å². The average Bonchev–Trinajstić information content (AvgIpc) is 2.27. The first-order valence-electron chi connectivity index (χ1n) is 3.17. The van der Waals surface area contributed by atoms with E-state index in [1.807, 2.05) is 12.1 Å². The van der Waals surface area contributed by atoms with Gasteiger partial charge < -0.3 is 4.42 Å². The second-order valence-electron chi connectivity index (χ2n) is 1.76. The topological polar surface area (TPSA) is 26.0 Å². The molecular weight excluding hydrogens is 114 g/mol. The molecule has 2 aromatic rings. The average molecular weight is 120 g/mol. The summed E-state index contributed by atoms with van der Waals surface area (Å²) in [6, 6.07) is 5.32. The van der Waals surface area contributed by atoms with Crippen LogP contribution in [0.5, 0.6) is 0 Å². The largest absolute Gasteiger partial charge is 0.446 e. The maximum atomic E-state index is 7.12. The maximum Gasteiger partial charge on any atom is 0.225 e. The summed E-state index contributed by atoms with van der Waals surface area (Å²) < 4.78 is 12.0. The molecule has 9 heavy (non-hydrogen) atoms. The molecule has 0 radical (unpaired) electrons. The predicted molar refractivity (Wildman–Crippen MR) is 34.0 cm³/mol. The molecule has 0 aliphatic rings. The smallest absolute Gasteiger partial charge is 0.225 e. The molecule has 0 bridgehead atoms. The molecule has 0 unspecified atom stereocenters. The van der Waals surface area contributed by atoms with Crippen molar-refractivity contribution in [2.45, 2.75) is 0 Å². The van der Waals surface area contributed by atoms with Gasteiger partial charge in [0.05, 0.1) is 6.24 Å². The summed E-state index contributed by atoms with van der Waals surface area (Å²) in [6.45, 7) is 0. The van der Waals surface area contributed by atoms with Gasteiger partial charge in [-0.3, -0.25) is 0 Å². The Labute approximate surface area is 53.5 Å². The van der Waals surface area contributed by atoms with Gasteiger partial charge in [-0.1, -0.05) is 0 Å². The third-order valence-corrected chi connectivity index (χ3v) is 1.17. The standard InChI is InChI=1S/C7H5NO/c1-2-6-3-5-9-7(6)8-4-1/h1-5H/i5D. The Morgan fingerprint density at radius 2 is 2.56 bits per heavy atom. The molecule has 0 fully saturated rings. The van der Waals surface area contributed by atoms with Gasteiger partial charge in [-0.25, -0.2) is 4.98 Å². The summed E-state index contributed by atoms with van der Waals surface area (Å²) in [5.74, 6) is 0. The molecule has 0 aliphatic carbocycles. The van der Waals surface area contributed by atoms with E-state index in [0.717, 1.165) is 5.39 Å². The lowest BCUT2D eigenvalue weighted by molar-refractivity contribution is 0.603. The first-order chi connectivity index (χ1) is 4.86. The van der Waals surface area contributed by atoms with E-state index >= 15 is 0 Å². The number of hydrogen-bond acceptors (Lipinski definition) is 2. The number of pyridine rings is 1. The van der Waals surface area contributed by atoms with Crippen LogP contribution in [0.3, 0.4) is 0 Å². The van der Waals surface area contributed by atoms with Crippen molar-refractivity contribution in [3.8, 4) is 0 Å². The molecule has 2 heteroatoms. The molecular formula is C7H5NO. The highest BCUT2D eigenvalue weighted by Gasteiger charge is 1.91. The summed E-state index contributed by atoms with van der Waals surface area (Å²) in [5.41, 5.74) is 0.535. The molecule has 2 aromatic heterocycles. The van der Waals surface area contributed by atoms with Crippen molar-refractivity contribution < 1.29 is 5.79 Å². The van der Waals surface area contributed by atoms with Crippen molar-refractivity contribution in [2.75, 3.05) is 0 Å². The van der Waals surface area contributed by atoms with E-state index in [2.05, 4.69) is 4.98 Å². The van der Waals surface area contributed by atoms with Crippen LogP contribution in [0.4, 0.5) is 0 Å². The normalized spacial score (nSPS) is 11.8. The SMILES string of the molecule is [2H]c1cc2cccnc2o1. The molecule has 0 amide bonds. The molecule has 2 rings (SSSR count). The number of rotatable bonds is 0. The van der Waals surface area contributed by atoms with Crippen LogP contribution >= 0.6 is 0 Å². The lowest BCUT2D eigenvalue weighted by Gasteiger charge is -1.80. The Hall–Kier alpha value is -1.31. The minimum Gasteiger partial charge on any atom is -0.446 e. The van der Waals surface area contributed by atoms with Gasteiger partial charge in [0.15, 0.2) is 0 Å². The van der Waals surface area contributed by atoms with Gasteiger partial charge in [0.2, 0.25) is 5.71 Å². The fourth-order valence-electron chi connectivity index (χ4n) is 0.747. The van der Waals surface area contributed by atoms with Gasteiger partial charge in [0.25, 0.3) is 0 Å². The van der Waals surface area contributed by atoms with Crippen molar-refractivity contribution in [3.63, 3.8) is 0 Å². The Morgan fingerprint density at radius 3 is 3.44 bits per heavy atom. The molecule has 0 spiro atoms. The Morgan fingerprint density at radius 1 is 1.56 bits per heavy atom. The minimum absolute atomic E-state index is 0.161. The van der Waals surface area contributed by atoms with Crippen LogP contribution in [0.15, 0.2) is 35.1 Å². The van der Waals surface area contributed by atoms with Gasteiger partial charge in [0.1, 0.15) is 1.37 Å². The zero-order valence-electron chi connectivity index (χ0n) is 5.66. The second-order valence-corrected chi connectivity index (χ2v) is 1.76. The van der Waals surface area contributed by atoms with Crippen LogP contribution < -0.4 is 0 Å². The van der Waals surface area contributed by atoms with Crippen molar-refractivity contribution in [2.24, 2.45) is 0 Å². The summed E-state index contributed by atoms with van der Waals surface area (Å²) in [6.07, 6.45) is 1.80. The minimum atomic E-state index is 0.161. The molecule has 0 atom stereocenters. The summed E-state index contributed by atoms with van der Waals surface area (Å²) in [7, 11) is 0. The quantitative estimate of drug-likeness (QED) is 0.530. The molecule has 0 aromatic carbocycles. The summed E-state index contributed by atoms with van der Waals surface area (Å²) in [5, 5.41) is 0.882. The highest BCUT2D eigenvalue weighted by atomic mass is 16.3. The Kier molecular flexibility index (Phi) is 0.646. The van der Waals surface area contributed by atoms with Crippen LogP contribution in [0.2, 0.25) is 0 Å². The molecule has 0 saturated heterocycles. The molecule has 0 aliphatic heterocycles. The number of nitrogens with zero attached hydrogens (tertiary/aromatic N) is 1. The number of fused-ring (bicyclic) bond motifs is 1. The van der Waals surface area contributed by atoms with Crippen molar-refractivity contribution in [1.82, 2.24) is 4.98 Å². The second kappa shape index (κ2) is 1.58. The van der Waals surface area contributed by atoms with E-state index in [1.165, 1.54) is 0 Å². The molecule has 2 heterocycles.